The lowest BCUT2D eigenvalue weighted by Gasteiger charge is -2.33. The summed E-state index contributed by atoms with van der Waals surface area (Å²) in [4.78, 5) is 18.2. The highest BCUT2D eigenvalue weighted by Crippen LogP contribution is 2.32. The van der Waals surface area contributed by atoms with Crippen LogP contribution in [0.3, 0.4) is 0 Å². The van der Waals surface area contributed by atoms with Crippen LogP contribution in [0.5, 0.6) is 5.75 Å². The van der Waals surface area contributed by atoms with Crippen molar-refractivity contribution in [1.29, 1.82) is 0 Å². The molecular formula is C26H28N4O3. The molecule has 0 saturated carbocycles. The number of primary amides is 1. The van der Waals surface area contributed by atoms with Crippen LogP contribution in [0.4, 0.5) is 0 Å². The van der Waals surface area contributed by atoms with E-state index in [1.165, 1.54) is 6.39 Å². The van der Waals surface area contributed by atoms with Gasteiger partial charge in [0.05, 0.1) is 13.3 Å². The number of carbonyl (C=O) groups is 1. The summed E-state index contributed by atoms with van der Waals surface area (Å²) in [5.41, 5.74) is 9.31. The highest BCUT2D eigenvalue weighted by Gasteiger charge is 2.22. The molecule has 5 rings (SSSR count). The fraction of sp³-hybridized carbons (Fsp3) is 0.308. The Morgan fingerprint density at radius 2 is 2.06 bits per heavy atom. The normalized spacial score (nSPS) is 15.2. The van der Waals surface area contributed by atoms with Gasteiger partial charge in [-0.2, -0.15) is 0 Å². The highest BCUT2D eigenvalue weighted by molar-refractivity contribution is 5.97. The maximum atomic E-state index is 11.6. The summed E-state index contributed by atoms with van der Waals surface area (Å²) in [6.45, 7) is 2.99. The molecular weight excluding hydrogens is 416 g/mol. The van der Waals surface area contributed by atoms with E-state index in [2.05, 4.69) is 32.8 Å². The Kier molecular flexibility index (Phi) is 5.88. The van der Waals surface area contributed by atoms with E-state index in [1.54, 1.807) is 19.4 Å². The molecule has 0 unspecified atom stereocenters. The SMILES string of the molecule is COc1cccc(-c2cnco2)c1CCN1CCC(n2ccc3ccc(C(N)=O)cc32)CC1. The third kappa shape index (κ3) is 4.24. The molecule has 3 heterocycles. The van der Waals surface area contributed by atoms with E-state index in [-0.39, 0.29) is 5.91 Å². The van der Waals surface area contributed by atoms with Crippen molar-refractivity contribution in [1.82, 2.24) is 14.5 Å². The first-order valence-electron chi connectivity index (χ1n) is 11.3. The lowest BCUT2D eigenvalue weighted by Crippen LogP contribution is -2.36. The van der Waals surface area contributed by atoms with E-state index in [0.29, 0.717) is 11.6 Å². The number of ether oxygens (including phenoxy) is 1. The summed E-state index contributed by atoms with van der Waals surface area (Å²) in [6.07, 6.45) is 8.33. The Hall–Kier alpha value is -3.58. The maximum Gasteiger partial charge on any atom is 0.248 e. The second-order valence-corrected chi connectivity index (χ2v) is 8.54. The van der Waals surface area contributed by atoms with E-state index >= 15 is 0 Å². The Bertz CT molecular complexity index is 1250. The third-order valence-electron chi connectivity index (χ3n) is 6.69. The van der Waals surface area contributed by atoms with E-state index in [9.17, 15) is 4.79 Å². The number of nitrogens with zero attached hydrogens (tertiary/aromatic N) is 3. The summed E-state index contributed by atoms with van der Waals surface area (Å²) in [5, 5.41) is 1.14. The van der Waals surface area contributed by atoms with Gasteiger partial charge in [0, 0.05) is 54.1 Å². The summed E-state index contributed by atoms with van der Waals surface area (Å²) in [7, 11) is 1.71. The lowest BCUT2D eigenvalue weighted by molar-refractivity contribution is 0.100. The molecule has 1 fully saturated rings. The number of hydrogen-bond acceptors (Lipinski definition) is 5. The number of methoxy groups -OCH3 is 1. The van der Waals surface area contributed by atoms with Crippen LogP contribution in [0.1, 0.15) is 34.8 Å². The van der Waals surface area contributed by atoms with Gasteiger partial charge in [-0.05, 0) is 48.9 Å². The molecule has 0 aliphatic carbocycles. The second kappa shape index (κ2) is 9.11. The minimum Gasteiger partial charge on any atom is -0.496 e. The first kappa shape index (κ1) is 21.3. The molecule has 1 aliphatic heterocycles. The Morgan fingerprint density at radius 1 is 1.21 bits per heavy atom. The van der Waals surface area contributed by atoms with Crippen molar-refractivity contribution in [3.63, 3.8) is 0 Å². The van der Waals surface area contributed by atoms with Gasteiger partial charge in [-0.3, -0.25) is 4.79 Å². The molecule has 1 amide bonds. The molecule has 33 heavy (non-hydrogen) atoms. The van der Waals surface area contributed by atoms with E-state index in [4.69, 9.17) is 14.9 Å². The Balaban J connectivity index is 1.27. The smallest absolute Gasteiger partial charge is 0.248 e. The van der Waals surface area contributed by atoms with Gasteiger partial charge in [0.2, 0.25) is 5.91 Å². The zero-order chi connectivity index (χ0) is 22.8. The molecule has 0 atom stereocenters. The highest BCUT2D eigenvalue weighted by atomic mass is 16.5. The quantitative estimate of drug-likeness (QED) is 0.460. The van der Waals surface area contributed by atoms with Crippen molar-refractivity contribution in [3.8, 4) is 17.1 Å². The zero-order valence-corrected chi connectivity index (χ0v) is 18.7. The first-order valence-corrected chi connectivity index (χ1v) is 11.3. The number of oxazole rings is 1. The molecule has 170 valence electrons. The fourth-order valence-electron chi connectivity index (χ4n) is 4.91. The van der Waals surface area contributed by atoms with Gasteiger partial charge < -0.3 is 24.4 Å². The molecule has 7 nitrogen and oxygen atoms in total. The van der Waals surface area contributed by atoms with E-state index in [0.717, 1.165) is 72.4 Å². The van der Waals surface area contributed by atoms with Crippen LogP contribution >= 0.6 is 0 Å². The van der Waals surface area contributed by atoms with Crippen LogP contribution in [0, 0.1) is 0 Å². The second-order valence-electron chi connectivity index (χ2n) is 8.54. The summed E-state index contributed by atoms with van der Waals surface area (Å²) in [5.74, 6) is 1.25. The summed E-state index contributed by atoms with van der Waals surface area (Å²) in [6, 6.07) is 14.2. The largest absolute Gasteiger partial charge is 0.496 e. The number of amides is 1. The van der Waals surface area contributed by atoms with Gasteiger partial charge >= 0.3 is 0 Å². The molecule has 0 bridgehead atoms. The molecule has 1 saturated heterocycles. The number of benzene rings is 2. The predicted octanol–water partition coefficient (Wildman–Crippen LogP) is 4.28. The van der Waals surface area contributed by atoms with Crippen LogP contribution in [0.15, 0.2) is 65.7 Å². The molecule has 2 aromatic carbocycles. The van der Waals surface area contributed by atoms with Crippen molar-refractivity contribution in [2.24, 2.45) is 5.73 Å². The zero-order valence-electron chi connectivity index (χ0n) is 18.7. The minimum atomic E-state index is -0.388. The van der Waals surface area contributed by atoms with Crippen LogP contribution in [0.2, 0.25) is 0 Å². The van der Waals surface area contributed by atoms with E-state index in [1.807, 2.05) is 24.3 Å². The van der Waals surface area contributed by atoms with Crippen LogP contribution in [0.25, 0.3) is 22.2 Å². The van der Waals surface area contributed by atoms with Gasteiger partial charge in [-0.15, -0.1) is 0 Å². The van der Waals surface area contributed by atoms with Crippen molar-refractivity contribution >= 4 is 16.8 Å². The fourth-order valence-corrected chi connectivity index (χ4v) is 4.91. The van der Waals surface area contributed by atoms with Gasteiger partial charge in [-0.1, -0.05) is 18.2 Å². The maximum absolute atomic E-state index is 11.6. The van der Waals surface area contributed by atoms with Crippen LogP contribution < -0.4 is 10.5 Å². The average molecular weight is 445 g/mol. The number of nitrogens with two attached hydrogens (primary N) is 1. The van der Waals surface area contributed by atoms with Crippen molar-refractivity contribution in [2.45, 2.75) is 25.3 Å². The number of hydrogen-bond donors (Lipinski definition) is 1. The van der Waals surface area contributed by atoms with Gasteiger partial charge in [-0.25, -0.2) is 4.98 Å². The van der Waals surface area contributed by atoms with Gasteiger partial charge in [0.25, 0.3) is 0 Å². The number of likely N-dealkylation sites (tertiary alicyclic amines) is 1. The van der Waals surface area contributed by atoms with Crippen molar-refractivity contribution < 1.29 is 13.9 Å². The summed E-state index contributed by atoms with van der Waals surface area (Å²) < 4.78 is 13.5. The van der Waals surface area contributed by atoms with Crippen molar-refractivity contribution in [3.05, 3.63) is 72.4 Å². The number of fused-ring (bicyclic) bond motifs is 1. The van der Waals surface area contributed by atoms with Crippen LogP contribution in [-0.2, 0) is 6.42 Å². The third-order valence-corrected chi connectivity index (χ3v) is 6.69. The number of piperidine rings is 1. The molecule has 2 N–H and O–H groups in total. The monoisotopic (exact) mass is 444 g/mol. The molecule has 4 aromatic rings. The molecule has 0 spiro atoms. The standard InChI is InChI=1S/C26H28N4O3/c1-32-24-4-2-3-21(25-16-28-17-33-25)22(24)10-13-29-11-8-20(9-12-29)30-14-7-18-5-6-19(26(27)31)15-23(18)30/h2-7,14-17,20H,8-13H2,1H3,(H2,27,31). The molecule has 2 aromatic heterocycles. The summed E-state index contributed by atoms with van der Waals surface area (Å²) >= 11 is 0. The van der Waals surface area contributed by atoms with Crippen molar-refractivity contribution in [2.75, 3.05) is 26.7 Å². The topological polar surface area (TPSA) is 86.5 Å². The van der Waals surface area contributed by atoms with E-state index < -0.39 is 0 Å². The minimum absolute atomic E-state index is 0.388. The van der Waals surface area contributed by atoms with Gasteiger partial charge in [0.15, 0.2) is 12.2 Å². The first-order chi connectivity index (χ1) is 16.1. The van der Waals surface area contributed by atoms with Gasteiger partial charge in [0.1, 0.15) is 5.75 Å². The molecule has 7 heteroatoms. The predicted molar refractivity (Wildman–Crippen MR) is 127 cm³/mol. The number of rotatable bonds is 7. The Labute approximate surface area is 192 Å². The average Bonchev–Trinajstić information content (AvgIpc) is 3.53. The molecule has 0 radical (unpaired) electrons. The van der Waals surface area contributed by atoms with Crippen LogP contribution in [-0.4, -0.2) is 47.1 Å². The number of carbonyl (C=O) groups excluding carboxylic acids is 1. The lowest BCUT2D eigenvalue weighted by atomic mass is 9.99. The Morgan fingerprint density at radius 3 is 2.79 bits per heavy atom. The molecule has 1 aliphatic rings. The number of aromatic nitrogens is 2.